The second kappa shape index (κ2) is 13.1. The monoisotopic (exact) mass is 532 g/mol. The fraction of sp³-hybridized carbons (Fsp3) is 0.115. The van der Waals surface area contributed by atoms with Crippen LogP contribution in [0.1, 0.15) is 16.7 Å². The van der Waals surface area contributed by atoms with E-state index < -0.39 is 23.3 Å². The van der Waals surface area contributed by atoms with Crippen molar-refractivity contribution in [3.05, 3.63) is 95.7 Å². The maximum atomic E-state index is 13.0. The number of benzene rings is 2. The first kappa shape index (κ1) is 27.2. The first-order valence-electron chi connectivity index (χ1n) is 10.5. The number of carbonyl (C=O) groups is 2. The Labute approximate surface area is 214 Å². The molecule has 0 aliphatic rings. The minimum atomic E-state index is -2.53. The zero-order chi connectivity index (χ0) is 26.1. The van der Waals surface area contributed by atoms with E-state index in [1.54, 1.807) is 36.4 Å². The van der Waals surface area contributed by atoms with Crippen LogP contribution in [0.2, 0.25) is 0 Å². The number of hydrogen-bond donors (Lipinski definition) is 0. The number of nitrogens with zero attached hydrogens (tertiary/aromatic N) is 2. The highest BCUT2D eigenvalue weighted by Gasteiger charge is 2.21. The molecular weight excluding hydrogens is 512 g/mol. The topological polar surface area (TPSA) is 50.3 Å². The van der Waals surface area contributed by atoms with Crippen LogP contribution in [0.3, 0.4) is 0 Å². The molecule has 186 valence electrons. The van der Waals surface area contributed by atoms with Crippen LogP contribution < -0.4 is 4.90 Å². The average molecular weight is 533 g/mol. The van der Waals surface area contributed by atoms with Crippen LogP contribution in [-0.4, -0.2) is 28.3 Å². The van der Waals surface area contributed by atoms with E-state index in [0.717, 1.165) is 10.5 Å². The number of imide groups is 1. The number of amides is 2. The first-order chi connectivity index (χ1) is 17.2. The molecule has 36 heavy (non-hydrogen) atoms. The molecule has 0 bridgehead atoms. The summed E-state index contributed by atoms with van der Waals surface area (Å²) < 4.78 is 49.9. The van der Waals surface area contributed by atoms with Crippen molar-refractivity contribution < 1.29 is 27.2 Å². The van der Waals surface area contributed by atoms with Crippen LogP contribution in [0, 0.1) is 6.92 Å². The van der Waals surface area contributed by atoms with Gasteiger partial charge >= 0.3 is 0 Å². The Morgan fingerprint density at radius 1 is 0.750 bits per heavy atom. The van der Waals surface area contributed by atoms with Crippen LogP contribution in [0.25, 0.3) is 12.2 Å². The molecule has 2 aromatic carbocycles. The quantitative estimate of drug-likeness (QED) is 0.164. The largest absolute Gasteiger partial charge is 0.288 e. The molecule has 1 heterocycles. The van der Waals surface area contributed by atoms with Crippen molar-refractivity contribution in [3.63, 3.8) is 0 Å². The number of pyridine rings is 1. The summed E-state index contributed by atoms with van der Waals surface area (Å²) in [5.74, 6) is -6.25. The summed E-state index contributed by atoms with van der Waals surface area (Å²) in [6, 6.07) is 15.6. The van der Waals surface area contributed by atoms with Crippen molar-refractivity contribution in [1.29, 1.82) is 0 Å². The van der Waals surface area contributed by atoms with Crippen molar-refractivity contribution in [3.8, 4) is 0 Å². The molecule has 0 saturated heterocycles. The van der Waals surface area contributed by atoms with Gasteiger partial charge in [0.15, 0.2) is 0 Å². The Balaban J connectivity index is 1.78. The molecule has 0 spiro atoms. The summed E-state index contributed by atoms with van der Waals surface area (Å²) in [5, 5.41) is 0. The minimum Gasteiger partial charge on any atom is -0.269 e. The lowest BCUT2D eigenvalue weighted by Crippen LogP contribution is -2.35. The SMILES string of the molecule is Cc1ccc(N(C(=O)C=Cc2ccc(SC(F)F)cc2)C(=O)C=Cc2ccc(SC(F)F)cc2)nc1. The van der Waals surface area contributed by atoms with Gasteiger partial charge in [-0.15, -0.1) is 0 Å². The number of halogens is 4. The van der Waals surface area contributed by atoms with Gasteiger partial charge in [0.1, 0.15) is 5.82 Å². The fourth-order valence-corrected chi connectivity index (χ4v) is 3.93. The van der Waals surface area contributed by atoms with E-state index in [-0.39, 0.29) is 5.82 Å². The Bertz CT molecular complexity index is 1150. The van der Waals surface area contributed by atoms with Crippen molar-refractivity contribution in [2.75, 3.05) is 4.90 Å². The Kier molecular flexibility index (Phi) is 9.89. The predicted octanol–water partition coefficient (Wildman–Crippen LogP) is 7.31. The Morgan fingerprint density at radius 3 is 1.56 bits per heavy atom. The van der Waals surface area contributed by atoms with Crippen LogP contribution in [-0.2, 0) is 9.59 Å². The molecule has 2 amide bonds. The van der Waals surface area contributed by atoms with Gasteiger partial charge in [-0.2, -0.15) is 17.6 Å². The van der Waals surface area contributed by atoms with E-state index >= 15 is 0 Å². The molecule has 0 fully saturated rings. The maximum Gasteiger partial charge on any atom is 0.288 e. The molecule has 10 heteroatoms. The van der Waals surface area contributed by atoms with Gasteiger partial charge < -0.3 is 0 Å². The summed E-state index contributed by atoms with van der Waals surface area (Å²) in [7, 11) is 0. The van der Waals surface area contributed by atoms with E-state index in [4.69, 9.17) is 0 Å². The molecule has 0 radical (unpaired) electrons. The second-order valence-electron chi connectivity index (χ2n) is 7.27. The molecule has 3 rings (SSSR count). The van der Waals surface area contributed by atoms with Crippen LogP contribution in [0.15, 0.2) is 88.8 Å². The molecule has 3 aromatic rings. The molecular formula is C26H20F4N2O2S2. The van der Waals surface area contributed by atoms with Crippen molar-refractivity contribution in [1.82, 2.24) is 4.98 Å². The first-order valence-corrected chi connectivity index (χ1v) is 12.2. The normalized spacial score (nSPS) is 11.6. The predicted molar refractivity (Wildman–Crippen MR) is 136 cm³/mol. The molecule has 0 aliphatic heterocycles. The zero-order valence-corrected chi connectivity index (χ0v) is 20.5. The van der Waals surface area contributed by atoms with E-state index in [1.165, 1.54) is 54.8 Å². The van der Waals surface area contributed by atoms with Gasteiger partial charge in [-0.25, -0.2) is 9.88 Å². The Hall–Kier alpha value is -3.37. The number of anilines is 1. The van der Waals surface area contributed by atoms with Crippen molar-refractivity contribution in [2.45, 2.75) is 28.2 Å². The van der Waals surface area contributed by atoms with Gasteiger partial charge in [0.25, 0.3) is 23.3 Å². The number of aromatic nitrogens is 1. The highest BCUT2D eigenvalue weighted by atomic mass is 32.2. The van der Waals surface area contributed by atoms with E-state index in [2.05, 4.69) is 4.98 Å². The summed E-state index contributed by atoms with van der Waals surface area (Å²) in [6.45, 7) is 1.82. The smallest absolute Gasteiger partial charge is 0.269 e. The van der Waals surface area contributed by atoms with E-state index in [0.29, 0.717) is 44.4 Å². The van der Waals surface area contributed by atoms with E-state index in [1.807, 2.05) is 6.92 Å². The number of carbonyl (C=O) groups excluding carboxylic acids is 2. The number of thioether (sulfide) groups is 2. The fourth-order valence-electron chi connectivity index (χ4n) is 2.93. The van der Waals surface area contributed by atoms with Crippen LogP contribution in [0.5, 0.6) is 0 Å². The number of alkyl halides is 4. The van der Waals surface area contributed by atoms with Gasteiger partial charge in [-0.3, -0.25) is 9.59 Å². The third kappa shape index (κ3) is 8.39. The Morgan fingerprint density at radius 2 is 1.19 bits per heavy atom. The van der Waals surface area contributed by atoms with Gasteiger partial charge in [0.2, 0.25) is 0 Å². The summed E-state index contributed by atoms with van der Waals surface area (Å²) in [5.41, 5.74) is 2.01. The second-order valence-corrected chi connectivity index (χ2v) is 9.39. The lowest BCUT2D eigenvalue weighted by atomic mass is 10.2. The highest BCUT2D eigenvalue weighted by molar-refractivity contribution is 7.99. The summed E-state index contributed by atoms with van der Waals surface area (Å²) in [4.78, 5) is 31.8. The number of rotatable bonds is 9. The lowest BCUT2D eigenvalue weighted by molar-refractivity contribution is -0.121. The van der Waals surface area contributed by atoms with Crippen molar-refractivity contribution in [2.24, 2.45) is 0 Å². The lowest BCUT2D eigenvalue weighted by Gasteiger charge is -2.16. The third-order valence-electron chi connectivity index (χ3n) is 4.61. The molecule has 0 unspecified atom stereocenters. The summed E-state index contributed by atoms with van der Waals surface area (Å²) >= 11 is 0.836. The van der Waals surface area contributed by atoms with E-state index in [9.17, 15) is 27.2 Å². The molecule has 4 nitrogen and oxygen atoms in total. The zero-order valence-electron chi connectivity index (χ0n) is 18.9. The molecule has 0 saturated carbocycles. The third-order valence-corrected chi connectivity index (χ3v) is 6.06. The standard InChI is InChI=1S/C26H20F4N2O2S2/c1-17-2-13-22(31-16-17)32(23(33)14-7-18-3-9-20(10-4-18)35-25(27)28)24(34)15-8-19-5-11-21(12-6-19)36-26(29)30/h2-16,25-26H,1H3. The number of aryl methyl sites for hydroxylation is 1. The maximum absolute atomic E-state index is 13.0. The van der Waals surface area contributed by atoms with Crippen molar-refractivity contribution >= 4 is 53.3 Å². The van der Waals surface area contributed by atoms with Gasteiger partial charge in [0, 0.05) is 28.1 Å². The minimum absolute atomic E-state index is 0.122. The average Bonchev–Trinajstić information content (AvgIpc) is 2.84. The van der Waals surface area contributed by atoms with Gasteiger partial charge in [-0.1, -0.05) is 53.9 Å². The highest BCUT2D eigenvalue weighted by Crippen LogP contribution is 2.26. The number of hydrogen-bond acceptors (Lipinski definition) is 5. The molecule has 0 atom stereocenters. The summed E-state index contributed by atoms with van der Waals surface area (Å²) in [6.07, 6.45) is 6.85. The van der Waals surface area contributed by atoms with Crippen LogP contribution in [0.4, 0.5) is 23.4 Å². The molecule has 0 N–H and O–H groups in total. The van der Waals surface area contributed by atoms with Gasteiger partial charge in [0.05, 0.1) is 0 Å². The van der Waals surface area contributed by atoms with Crippen LogP contribution >= 0.6 is 23.5 Å². The molecule has 1 aromatic heterocycles. The van der Waals surface area contributed by atoms with Gasteiger partial charge in [-0.05, 0) is 66.1 Å². The molecule has 0 aliphatic carbocycles.